The minimum atomic E-state index is -4.78. The lowest BCUT2D eigenvalue weighted by Crippen LogP contribution is -2.28. The lowest BCUT2D eigenvalue weighted by molar-refractivity contribution is -0.274. The summed E-state index contributed by atoms with van der Waals surface area (Å²) >= 11 is 0. The fraction of sp³-hybridized carbons (Fsp3) is 0.240. The lowest BCUT2D eigenvalue weighted by Gasteiger charge is -2.19. The van der Waals surface area contributed by atoms with E-state index in [-0.39, 0.29) is 18.2 Å². The molecule has 0 aliphatic carbocycles. The van der Waals surface area contributed by atoms with E-state index in [0.717, 1.165) is 4.68 Å². The highest BCUT2D eigenvalue weighted by atomic mass is 19.4. The first-order chi connectivity index (χ1) is 16.9. The van der Waals surface area contributed by atoms with Gasteiger partial charge in [0.1, 0.15) is 29.5 Å². The number of benzene rings is 2. The number of pyridine rings is 1. The number of fused-ring (bicyclic) bond motifs is 1. The standard InChI is InChI=1S/C25H23F3N4O4/c1-24(2,3)36-23(33)32-20(13-22(29)31-32)16-7-8-18-19(12-16)30-10-9-21(18)34-14-15-5-4-6-17(11-15)35-25(26,27)28/h4-13H,14H2,1-3H3,(H2,29,31). The number of hydrogen-bond donors (Lipinski definition) is 1. The van der Waals surface area contributed by atoms with E-state index in [1.54, 1.807) is 63.4 Å². The van der Waals surface area contributed by atoms with Gasteiger partial charge in [0.05, 0.1) is 11.2 Å². The van der Waals surface area contributed by atoms with Gasteiger partial charge in [0.25, 0.3) is 0 Å². The second kappa shape index (κ2) is 9.40. The number of carbonyl (C=O) groups excluding carboxylic acids is 1. The number of anilines is 1. The SMILES string of the molecule is CC(C)(C)OC(=O)n1nc(N)cc1-c1ccc2c(OCc3cccc(OC(F)(F)F)c3)ccnc2c1. The first-order valence-corrected chi connectivity index (χ1v) is 10.8. The van der Waals surface area contributed by atoms with Crippen LogP contribution in [0.4, 0.5) is 23.8 Å². The number of aromatic nitrogens is 3. The second-order valence-electron chi connectivity index (χ2n) is 8.87. The molecule has 8 nitrogen and oxygen atoms in total. The van der Waals surface area contributed by atoms with Gasteiger partial charge in [-0.3, -0.25) is 4.98 Å². The molecule has 4 aromatic rings. The van der Waals surface area contributed by atoms with Gasteiger partial charge in [-0.1, -0.05) is 18.2 Å². The highest BCUT2D eigenvalue weighted by molar-refractivity contribution is 5.90. The molecule has 2 heterocycles. The van der Waals surface area contributed by atoms with Crippen molar-refractivity contribution in [1.29, 1.82) is 0 Å². The zero-order valence-corrected chi connectivity index (χ0v) is 19.7. The first kappa shape index (κ1) is 24.8. The largest absolute Gasteiger partial charge is 0.573 e. The quantitative estimate of drug-likeness (QED) is 0.362. The van der Waals surface area contributed by atoms with Crippen LogP contribution in [-0.2, 0) is 11.3 Å². The van der Waals surface area contributed by atoms with Crippen molar-refractivity contribution in [2.45, 2.75) is 39.3 Å². The number of nitrogens with two attached hydrogens (primary N) is 1. The van der Waals surface area contributed by atoms with Crippen LogP contribution in [0.25, 0.3) is 22.2 Å². The third-order valence-corrected chi connectivity index (χ3v) is 4.82. The highest BCUT2D eigenvalue weighted by Crippen LogP contribution is 2.31. The van der Waals surface area contributed by atoms with Crippen molar-refractivity contribution in [3.05, 3.63) is 66.4 Å². The van der Waals surface area contributed by atoms with Crippen molar-refractivity contribution in [2.24, 2.45) is 0 Å². The zero-order valence-electron chi connectivity index (χ0n) is 19.7. The number of ether oxygens (including phenoxy) is 3. The average molecular weight is 500 g/mol. The third-order valence-electron chi connectivity index (χ3n) is 4.82. The Morgan fingerprint density at radius 1 is 1.06 bits per heavy atom. The Labute approximate surface area is 204 Å². The second-order valence-corrected chi connectivity index (χ2v) is 8.87. The number of carbonyl (C=O) groups is 1. The van der Waals surface area contributed by atoms with Gasteiger partial charge >= 0.3 is 12.5 Å². The van der Waals surface area contributed by atoms with Crippen molar-refractivity contribution >= 4 is 22.8 Å². The van der Waals surface area contributed by atoms with E-state index in [9.17, 15) is 18.0 Å². The molecule has 0 atom stereocenters. The molecular weight excluding hydrogens is 477 g/mol. The predicted molar refractivity (Wildman–Crippen MR) is 126 cm³/mol. The summed E-state index contributed by atoms with van der Waals surface area (Å²) in [6.07, 6.45) is -3.90. The molecule has 0 spiro atoms. The number of rotatable bonds is 5. The molecule has 188 valence electrons. The van der Waals surface area contributed by atoms with Gasteiger partial charge in [-0.05, 0) is 56.7 Å². The Balaban J connectivity index is 1.59. The molecule has 0 saturated heterocycles. The van der Waals surface area contributed by atoms with Crippen LogP contribution in [0.2, 0.25) is 0 Å². The van der Waals surface area contributed by atoms with Gasteiger partial charge in [0.15, 0.2) is 0 Å². The fourth-order valence-electron chi connectivity index (χ4n) is 3.45. The summed E-state index contributed by atoms with van der Waals surface area (Å²) in [5.41, 5.74) is 7.24. The molecule has 0 amide bonds. The van der Waals surface area contributed by atoms with Crippen LogP contribution in [0.5, 0.6) is 11.5 Å². The molecule has 2 aromatic heterocycles. The van der Waals surface area contributed by atoms with E-state index in [2.05, 4.69) is 14.8 Å². The Kier molecular flexibility index (Phi) is 6.49. The minimum Gasteiger partial charge on any atom is -0.488 e. The molecule has 0 saturated carbocycles. The minimum absolute atomic E-state index is 0.0118. The van der Waals surface area contributed by atoms with E-state index in [4.69, 9.17) is 15.2 Å². The molecule has 2 aromatic carbocycles. The monoisotopic (exact) mass is 500 g/mol. The van der Waals surface area contributed by atoms with Gasteiger partial charge in [-0.15, -0.1) is 18.3 Å². The summed E-state index contributed by atoms with van der Waals surface area (Å²) in [5.74, 6) is 0.306. The van der Waals surface area contributed by atoms with E-state index in [1.165, 1.54) is 18.2 Å². The molecule has 0 fully saturated rings. The van der Waals surface area contributed by atoms with Crippen LogP contribution in [0.3, 0.4) is 0 Å². The van der Waals surface area contributed by atoms with Crippen molar-refractivity contribution in [2.75, 3.05) is 5.73 Å². The molecule has 0 aliphatic heterocycles. The molecular formula is C25H23F3N4O4. The maximum Gasteiger partial charge on any atom is 0.573 e. The molecule has 11 heteroatoms. The van der Waals surface area contributed by atoms with Crippen LogP contribution >= 0.6 is 0 Å². The normalized spacial score (nSPS) is 11.9. The topological polar surface area (TPSA) is 101 Å². The van der Waals surface area contributed by atoms with Crippen LogP contribution in [-0.4, -0.2) is 32.8 Å². The first-order valence-electron chi connectivity index (χ1n) is 10.8. The van der Waals surface area contributed by atoms with E-state index in [1.807, 2.05) is 0 Å². The van der Waals surface area contributed by atoms with Crippen molar-refractivity contribution in [1.82, 2.24) is 14.8 Å². The molecule has 2 N–H and O–H groups in total. The molecule has 0 radical (unpaired) electrons. The number of halogens is 3. The summed E-state index contributed by atoms with van der Waals surface area (Å²) < 4.78 is 53.8. The molecule has 0 aliphatic rings. The van der Waals surface area contributed by atoms with Gasteiger partial charge in [-0.25, -0.2) is 4.79 Å². The molecule has 4 rings (SSSR count). The van der Waals surface area contributed by atoms with Gasteiger partial charge in [0, 0.05) is 23.2 Å². The van der Waals surface area contributed by atoms with Crippen molar-refractivity contribution in [3.8, 4) is 22.8 Å². The van der Waals surface area contributed by atoms with Crippen LogP contribution in [0.1, 0.15) is 26.3 Å². The lowest BCUT2D eigenvalue weighted by atomic mass is 10.1. The van der Waals surface area contributed by atoms with E-state index >= 15 is 0 Å². The Hall–Kier alpha value is -4.28. The zero-order chi connectivity index (χ0) is 26.1. The van der Waals surface area contributed by atoms with E-state index < -0.39 is 18.1 Å². The maximum atomic E-state index is 12.6. The molecule has 0 unspecified atom stereocenters. The summed E-state index contributed by atoms with van der Waals surface area (Å²) in [6, 6.07) is 14.0. The maximum absolute atomic E-state index is 12.6. The number of hydrogen-bond acceptors (Lipinski definition) is 7. The number of alkyl halides is 3. The highest BCUT2D eigenvalue weighted by Gasteiger charge is 2.31. The predicted octanol–water partition coefficient (Wildman–Crippen LogP) is 5.94. The van der Waals surface area contributed by atoms with Crippen LogP contribution in [0.15, 0.2) is 60.8 Å². The Bertz CT molecular complexity index is 1410. The third kappa shape index (κ3) is 6.04. The van der Waals surface area contributed by atoms with Gasteiger partial charge in [0.2, 0.25) is 0 Å². The summed E-state index contributed by atoms with van der Waals surface area (Å²) in [7, 11) is 0. The molecule has 36 heavy (non-hydrogen) atoms. The Morgan fingerprint density at radius 3 is 2.56 bits per heavy atom. The van der Waals surface area contributed by atoms with Crippen LogP contribution in [0, 0.1) is 0 Å². The number of nitrogens with zero attached hydrogens (tertiary/aromatic N) is 3. The summed E-state index contributed by atoms with van der Waals surface area (Å²) in [4.78, 5) is 17.0. The average Bonchev–Trinajstić information content (AvgIpc) is 3.17. The number of nitrogen functional groups attached to an aromatic ring is 1. The van der Waals surface area contributed by atoms with Gasteiger partial charge < -0.3 is 19.9 Å². The van der Waals surface area contributed by atoms with Gasteiger partial charge in [-0.2, -0.15) is 4.68 Å². The van der Waals surface area contributed by atoms with E-state index in [0.29, 0.717) is 33.5 Å². The van der Waals surface area contributed by atoms with Crippen LogP contribution < -0.4 is 15.2 Å². The fourth-order valence-corrected chi connectivity index (χ4v) is 3.45. The van der Waals surface area contributed by atoms with Crippen molar-refractivity contribution in [3.63, 3.8) is 0 Å². The summed E-state index contributed by atoms with van der Waals surface area (Å²) in [6.45, 7) is 5.26. The smallest absolute Gasteiger partial charge is 0.488 e. The summed E-state index contributed by atoms with van der Waals surface area (Å²) in [5, 5.41) is 4.72. The van der Waals surface area contributed by atoms with Crippen molar-refractivity contribution < 1.29 is 32.2 Å². The molecule has 0 bridgehead atoms. The Morgan fingerprint density at radius 2 is 1.83 bits per heavy atom.